The minimum atomic E-state index is -0.429. The molecule has 0 amide bonds. The third-order valence-corrected chi connectivity index (χ3v) is 5.92. The molecule has 3 aliphatic rings. The number of hydrogen-bond donors (Lipinski definition) is 2. The molecule has 102 valence electrons. The molecule has 0 spiro atoms. The van der Waals surface area contributed by atoms with Crippen LogP contribution >= 0.6 is 0 Å². The Balaban J connectivity index is 2.00. The molecule has 0 aromatic rings. The van der Waals surface area contributed by atoms with E-state index in [9.17, 15) is 10.2 Å². The first-order valence-electron chi connectivity index (χ1n) is 7.21. The molecule has 0 radical (unpaired) electrons. The minimum absolute atomic E-state index is 0.0258. The molecule has 0 bridgehead atoms. The van der Waals surface area contributed by atoms with Crippen LogP contribution in [-0.2, 0) is 4.74 Å². The van der Waals surface area contributed by atoms with Gasteiger partial charge in [0, 0.05) is 5.41 Å². The molecule has 2 aliphatic carbocycles. The fraction of sp³-hybridized carbons (Fsp3) is 0.867. The molecule has 2 N–H and O–H groups in total. The highest BCUT2D eigenvalue weighted by Crippen LogP contribution is 2.56. The predicted molar refractivity (Wildman–Crippen MR) is 69.1 cm³/mol. The van der Waals surface area contributed by atoms with Crippen molar-refractivity contribution in [1.82, 2.24) is 0 Å². The standard InChI is InChI=1S/C15H24O3/c1-9-4-3-5-11-6-12-13(10(7-16)8-18-12)14(17)15(9,11)2/h9,11-12,14,16-17H,3-8H2,1-2H3. The van der Waals surface area contributed by atoms with E-state index < -0.39 is 6.10 Å². The van der Waals surface area contributed by atoms with E-state index in [0.29, 0.717) is 18.4 Å². The summed E-state index contributed by atoms with van der Waals surface area (Å²) >= 11 is 0. The Hall–Kier alpha value is -0.380. The van der Waals surface area contributed by atoms with Gasteiger partial charge in [0.2, 0.25) is 0 Å². The second kappa shape index (κ2) is 4.32. The van der Waals surface area contributed by atoms with E-state index in [-0.39, 0.29) is 18.1 Å². The van der Waals surface area contributed by atoms with E-state index in [1.54, 1.807) is 0 Å². The zero-order chi connectivity index (χ0) is 12.9. The van der Waals surface area contributed by atoms with Gasteiger partial charge in [-0.05, 0) is 35.8 Å². The smallest absolute Gasteiger partial charge is 0.0838 e. The van der Waals surface area contributed by atoms with Crippen LogP contribution in [-0.4, -0.2) is 35.6 Å². The summed E-state index contributed by atoms with van der Waals surface area (Å²) in [7, 11) is 0. The molecule has 3 rings (SSSR count). The summed E-state index contributed by atoms with van der Waals surface area (Å²) < 4.78 is 5.77. The normalized spacial score (nSPS) is 48.0. The monoisotopic (exact) mass is 252 g/mol. The van der Waals surface area contributed by atoms with Crippen LogP contribution in [0, 0.1) is 17.3 Å². The summed E-state index contributed by atoms with van der Waals surface area (Å²) in [6.45, 7) is 5.04. The Labute approximate surface area is 109 Å². The van der Waals surface area contributed by atoms with Crippen molar-refractivity contribution in [3.05, 3.63) is 11.1 Å². The maximum absolute atomic E-state index is 10.9. The van der Waals surface area contributed by atoms with Crippen molar-refractivity contribution >= 4 is 0 Å². The summed E-state index contributed by atoms with van der Waals surface area (Å²) in [5.74, 6) is 1.10. The van der Waals surface area contributed by atoms with Gasteiger partial charge in [-0.1, -0.05) is 26.7 Å². The van der Waals surface area contributed by atoms with E-state index in [1.807, 2.05) is 0 Å². The molecule has 5 unspecified atom stereocenters. The summed E-state index contributed by atoms with van der Waals surface area (Å²) in [6, 6.07) is 0. The zero-order valence-corrected chi connectivity index (χ0v) is 11.4. The number of hydrogen-bond acceptors (Lipinski definition) is 3. The molecular weight excluding hydrogens is 228 g/mol. The first kappa shape index (κ1) is 12.6. The largest absolute Gasteiger partial charge is 0.392 e. The number of aliphatic hydroxyl groups excluding tert-OH is 2. The maximum Gasteiger partial charge on any atom is 0.0838 e. The van der Waals surface area contributed by atoms with Gasteiger partial charge in [-0.15, -0.1) is 0 Å². The highest BCUT2D eigenvalue weighted by atomic mass is 16.5. The molecule has 0 aromatic heterocycles. The van der Waals surface area contributed by atoms with E-state index in [4.69, 9.17) is 4.74 Å². The summed E-state index contributed by atoms with van der Waals surface area (Å²) in [5, 5.41) is 20.3. The number of aliphatic hydroxyl groups is 2. The Morgan fingerprint density at radius 3 is 2.89 bits per heavy atom. The van der Waals surface area contributed by atoms with Crippen LogP contribution in [0.5, 0.6) is 0 Å². The van der Waals surface area contributed by atoms with Gasteiger partial charge in [0.05, 0.1) is 25.4 Å². The molecule has 18 heavy (non-hydrogen) atoms. The van der Waals surface area contributed by atoms with E-state index in [1.165, 1.54) is 19.3 Å². The van der Waals surface area contributed by atoms with Gasteiger partial charge in [0.25, 0.3) is 0 Å². The van der Waals surface area contributed by atoms with Crippen LogP contribution in [0.25, 0.3) is 0 Å². The highest BCUT2D eigenvalue weighted by molar-refractivity contribution is 5.33. The lowest BCUT2D eigenvalue weighted by Crippen LogP contribution is -2.53. The van der Waals surface area contributed by atoms with E-state index >= 15 is 0 Å². The van der Waals surface area contributed by atoms with E-state index in [2.05, 4.69) is 13.8 Å². The van der Waals surface area contributed by atoms with Crippen LogP contribution < -0.4 is 0 Å². The highest BCUT2D eigenvalue weighted by Gasteiger charge is 2.54. The molecule has 5 atom stereocenters. The summed E-state index contributed by atoms with van der Waals surface area (Å²) in [6.07, 6.45) is 4.34. The quantitative estimate of drug-likeness (QED) is 0.701. The average Bonchev–Trinajstić information content (AvgIpc) is 2.76. The Morgan fingerprint density at radius 2 is 2.17 bits per heavy atom. The van der Waals surface area contributed by atoms with Crippen molar-refractivity contribution in [2.24, 2.45) is 17.3 Å². The van der Waals surface area contributed by atoms with E-state index in [0.717, 1.165) is 17.6 Å². The van der Waals surface area contributed by atoms with Crippen LogP contribution in [0.4, 0.5) is 0 Å². The molecule has 1 aliphatic heterocycles. The average molecular weight is 252 g/mol. The third-order valence-electron chi connectivity index (χ3n) is 5.92. The van der Waals surface area contributed by atoms with Gasteiger partial charge < -0.3 is 14.9 Å². The van der Waals surface area contributed by atoms with Crippen molar-refractivity contribution in [3.8, 4) is 0 Å². The third kappa shape index (κ3) is 1.54. The van der Waals surface area contributed by atoms with Crippen LogP contribution in [0.15, 0.2) is 11.1 Å². The lowest BCUT2D eigenvalue weighted by atomic mass is 9.53. The topological polar surface area (TPSA) is 49.7 Å². The lowest BCUT2D eigenvalue weighted by molar-refractivity contribution is -0.0982. The Morgan fingerprint density at radius 1 is 1.39 bits per heavy atom. The maximum atomic E-state index is 10.9. The molecule has 1 heterocycles. The van der Waals surface area contributed by atoms with Gasteiger partial charge in [-0.2, -0.15) is 0 Å². The number of rotatable bonds is 1. The molecule has 0 saturated heterocycles. The SMILES string of the molecule is CC1CCCC2CC3OCC(CO)=C3C(O)C12C. The number of fused-ring (bicyclic) bond motifs is 2. The van der Waals surface area contributed by atoms with Crippen molar-refractivity contribution < 1.29 is 14.9 Å². The Kier molecular flexibility index (Phi) is 3.04. The van der Waals surface area contributed by atoms with Crippen LogP contribution in [0.3, 0.4) is 0 Å². The fourth-order valence-corrected chi connectivity index (χ4v) is 4.46. The molecule has 2 fully saturated rings. The molecule has 2 saturated carbocycles. The van der Waals surface area contributed by atoms with Gasteiger partial charge in [-0.3, -0.25) is 0 Å². The lowest BCUT2D eigenvalue weighted by Gasteiger charge is -2.54. The molecule has 3 heteroatoms. The van der Waals surface area contributed by atoms with Crippen molar-refractivity contribution in [2.45, 2.75) is 51.7 Å². The van der Waals surface area contributed by atoms with Gasteiger partial charge in [0.1, 0.15) is 0 Å². The number of ether oxygens (including phenoxy) is 1. The molecular formula is C15H24O3. The van der Waals surface area contributed by atoms with Crippen molar-refractivity contribution in [3.63, 3.8) is 0 Å². The molecule has 3 nitrogen and oxygen atoms in total. The fourth-order valence-electron chi connectivity index (χ4n) is 4.46. The predicted octanol–water partition coefficient (Wildman–Crippen LogP) is 1.88. The van der Waals surface area contributed by atoms with Crippen molar-refractivity contribution in [2.75, 3.05) is 13.2 Å². The second-order valence-electron chi connectivity index (χ2n) is 6.55. The minimum Gasteiger partial charge on any atom is -0.392 e. The first-order chi connectivity index (χ1) is 8.59. The zero-order valence-electron chi connectivity index (χ0n) is 11.4. The first-order valence-corrected chi connectivity index (χ1v) is 7.21. The van der Waals surface area contributed by atoms with Gasteiger partial charge in [-0.25, -0.2) is 0 Å². The van der Waals surface area contributed by atoms with Crippen LogP contribution in [0.1, 0.15) is 39.5 Å². The summed E-state index contributed by atoms with van der Waals surface area (Å²) in [4.78, 5) is 0. The van der Waals surface area contributed by atoms with Crippen LogP contribution in [0.2, 0.25) is 0 Å². The molecule has 0 aromatic carbocycles. The Bertz CT molecular complexity index is 376. The second-order valence-corrected chi connectivity index (χ2v) is 6.55. The summed E-state index contributed by atoms with van der Waals surface area (Å²) in [5.41, 5.74) is 1.90. The van der Waals surface area contributed by atoms with Crippen molar-refractivity contribution in [1.29, 1.82) is 0 Å². The van der Waals surface area contributed by atoms with Gasteiger partial charge >= 0.3 is 0 Å². The van der Waals surface area contributed by atoms with Gasteiger partial charge in [0.15, 0.2) is 0 Å².